The number of urea groups is 1. The molecule has 3 aromatic carbocycles. The molecule has 1 saturated heterocycles. The quantitative estimate of drug-likeness (QED) is 0.547. The summed E-state index contributed by atoms with van der Waals surface area (Å²) in [4.78, 5) is 40.7. The smallest absolute Gasteiger partial charge is 0.274 e. The van der Waals surface area contributed by atoms with Crippen LogP contribution in [0.25, 0.3) is 10.8 Å². The van der Waals surface area contributed by atoms with E-state index in [1.165, 1.54) is 9.80 Å². The van der Waals surface area contributed by atoms with E-state index >= 15 is 0 Å². The maximum Gasteiger partial charge on any atom is 0.333 e. The minimum absolute atomic E-state index is 0.198. The molecular formula is C24H21ClN2O3. The van der Waals surface area contributed by atoms with Gasteiger partial charge in [0.2, 0.25) is 11.8 Å². The maximum absolute atomic E-state index is 13.2. The first kappa shape index (κ1) is 20.1. The summed E-state index contributed by atoms with van der Waals surface area (Å²) in [5, 5.41) is 2.62. The third-order valence-electron chi connectivity index (χ3n) is 5.48. The van der Waals surface area contributed by atoms with Crippen LogP contribution in [0.4, 0.5) is 4.79 Å². The SMILES string of the molecule is C[C@H](c1cccc2ccccc12)N1C(=O)CC(=O)N(CCc2cccc(Cl)c2)C1=O. The van der Waals surface area contributed by atoms with Crippen molar-refractivity contribution in [1.29, 1.82) is 0 Å². The molecule has 1 fully saturated rings. The first-order valence-electron chi connectivity index (χ1n) is 9.84. The number of amides is 4. The first-order valence-corrected chi connectivity index (χ1v) is 10.2. The molecule has 152 valence electrons. The topological polar surface area (TPSA) is 57.7 Å². The number of halogens is 1. The molecule has 4 amide bonds. The molecule has 1 atom stereocenters. The summed E-state index contributed by atoms with van der Waals surface area (Å²) in [5.74, 6) is -0.933. The molecule has 1 aliphatic heterocycles. The van der Waals surface area contributed by atoms with Crippen molar-refractivity contribution in [3.63, 3.8) is 0 Å². The molecule has 0 N–H and O–H groups in total. The Morgan fingerprint density at radius 1 is 0.933 bits per heavy atom. The van der Waals surface area contributed by atoms with Crippen molar-refractivity contribution in [1.82, 2.24) is 9.80 Å². The predicted molar refractivity (Wildman–Crippen MR) is 116 cm³/mol. The lowest BCUT2D eigenvalue weighted by molar-refractivity contribution is -0.143. The minimum Gasteiger partial charge on any atom is -0.274 e. The summed E-state index contributed by atoms with van der Waals surface area (Å²) in [5.41, 5.74) is 1.80. The highest BCUT2D eigenvalue weighted by Crippen LogP contribution is 2.31. The molecule has 1 aliphatic rings. The average molecular weight is 421 g/mol. The summed E-state index contributed by atoms with van der Waals surface area (Å²) in [6.07, 6.45) is 0.166. The molecule has 0 saturated carbocycles. The second-order valence-corrected chi connectivity index (χ2v) is 7.83. The zero-order valence-electron chi connectivity index (χ0n) is 16.5. The van der Waals surface area contributed by atoms with Gasteiger partial charge in [-0.1, -0.05) is 66.2 Å². The molecule has 0 unspecified atom stereocenters. The van der Waals surface area contributed by atoms with Gasteiger partial charge in [-0.05, 0) is 47.4 Å². The Labute approximate surface area is 179 Å². The molecule has 30 heavy (non-hydrogen) atoms. The van der Waals surface area contributed by atoms with Crippen molar-refractivity contribution < 1.29 is 14.4 Å². The van der Waals surface area contributed by atoms with Gasteiger partial charge in [0.25, 0.3) is 0 Å². The van der Waals surface area contributed by atoms with E-state index < -0.39 is 23.9 Å². The lowest BCUT2D eigenvalue weighted by Gasteiger charge is -2.36. The van der Waals surface area contributed by atoms with Crippen LogP contribution in [-0.4, -0.2) is 34.2 Å². The molecule has 0 radical (unpaired) electrons. The van der Waals surface area contributed by atoms with Crippen LogP contribution in [0.3, 0.4) is 0 Å². The molecule has 0 aromatic heterocycles. The highest BCUT2D eigenvalue weighted by molar-refractivity contribution is 6.30. The van der Waals surface area contributed by atoms with Crippen molar-refractivity contribution in [2.75, 3.05) is 6.54 Å². The zero-order chi connectivity index (χ0) is 21.3. The van der Waals surface area contributed by atoms with E-state index in [0.29, 0.717) is 11.4 Å². The Kier molecular flexibility index (Phi) is 5.55. The van der Waals surface area contributed by atoms with E-state index in [-0.39, 0.29) is 13.0 Å². The molecule has 3 aromatic rings. The van der Waals surface area contributed by atoms with Gasteiger partial charge in [-0.3, -0.25) is 19.4 Å². The van der Waals surface area contributed by atoms with Gasteiger partial charge in [0.05, 0.1) is 6.04 Å². The number of hydrogen-bond acceptors (Lipinski definition) is 3. The Bertz CT molecular complexity index is 1140. The fourth-order valence-corrected chi connectivity index (χ4v) is 4.16. The highest BCUT2D eigenvalue weighted by Gasteiger charge is 2.40. The Morgan fingerprint density at radius 2 is 1.67 bits per heavy atom. The Balaban J connectivity index is 1.60. The fraction of sp³-hybridized carbons (Fsp3) is 0.208. The van der Waals surface area contributed by atoms with Crippen molar-refractivity contribution in [3.8, 4) is 0 Å². The van der Waals surface area contributed by atoms with Crippen LogP contribution >= 0.6 is 11.6 Å². The highest BCUT2D eigenvalue weighted by atomic mass is 35.5. The van der Waals surface area contributed by atoms with Crippen LogP contribution in [-0.2, 0) is 16.0 Å². The molecule has 0 spiro atoms. The van der Waals surface area contributed by atoms with Crippen LogP contribution in [0.5, 0.6) is 0 Å². The number of barbiturate groups is 1. The van der Waals surface area contributed by atoms with Gasteiger partial charge in [-0.25, -0.2) is 4.79 Å². The molecule has 6 heteroatoms. The van der Waals surface area contributed by atoms with Gasteiger partial charge in [-0.2, -0.15) is 0 Å². The first-order chi connectivity index (χ1) is 14.5. The predicted octanol–water partition coefficient (Wildman–Crippen LogP) is 4.98. The van der Waals surface area contributed by atoms with Crippen molar-refractivity contribution in [3.05, 3.63) is 82.9 Å². The third-order valence-corrected chi connectivity index (χ3v) is 5.72. The van der Waals surface area contributed by atoms with E-state index in [0.717, 1.165) is 21.9 Å². The largest absolute Gasteiger partial charge is 0.333 e. The van der Waals surface area contributed by atoms with Gasteiger partial charge in [0.15, 0.2) is 0 Å². The van der Waals surface area contributed by atoms with E-state index in [1.54, 1.807) is 6.07 Å². The normalized spacial score (nSPS) is 15.7. The van der Waals surface area contributed by atoms with Crippen LogP contribution in [0.1, 0.15) is 30.5 Å². The lowest BCUT2D eigenvalue weighted by atomic mass is 9.98. The van der Waals surface area contributed by atoms with E-state index in [9.17, 15) is 14.4 Å². The number of benzene rings is 3. The van der Waals surface area contributed by atoms with Gasteiger partial charge >= 0.3 is 6.03 Å². The second kappa shape index (κ2) is 8.28. The van der Waals surface area contributed by atoms with E-state index in [4.69, 9.17) is 11.6 Å². The summed E-state index contributed by atoms with van der Waals surface area (Å²) < 4.78 is 0. The van der Waals surface area contributed by atoms with Crippen LogP contribution in [0.2, 0.25) is 5.02 Å². The summed E-state index contributed by atoms with van der Waals surface area (Å²) >= 11 is 6.02. The van der Waals surface area contributed by atoms with Crippen molar-refractivity contribution in [2.24, 2.45) is 0 Å². The van der Waals surface area contributed by atoms with Crippen LogP contribution < -0.4 is 0 Å². The minimum atomic E-state index is -0.571. The molecule has 5 nitrogen and oxygen atoms in total. The monoisotopic (exact) mass is 420 g/mol. The number of rotatable bonds is 5. The number of fused-ring (bicyclic) bond motifs is 1. The van der Waals surface area contributed by atoms with Crippen molar-refractivity contribution >= 4 is 40.2 Å². The van der Waals surface area contributed by atoms with E-state index in [2.05, 4.69) is 0 Å². The Hall–Kier alpha value is -3.18. The molecule has 0 bridgehead atoms. The van der Waals surface area contributed by atoms with Gasteiger partial charge < -0.3 is 0 Å². The van der Waals surface area contributed by atoms with Gasteiger partial charge in [-0.15, -0.1) is 0 Å². The van der Waals surface area contributed by atoms with Gasteiger partial charge in [0, 0.05) is 11.6 Å². The third kappa shape index (κ3) is 3.81. The molecule has 1 heterocycles. The summed E-state index contributed by atoms with van der Waals surface area (Å²) in [6.45, 7) is 2.02. The Morgan fingerprint density at radius 3 is 2.47 bits per heavy atom. The molecule has 0 aliphatic carbocycles. The number of imide groups is 2. The number of carbonyl (C=O) groups excluding carboxylic acids is 3. The summed E-state index contributed by atoms with van der Waals surface area (Å²) in [7, 11) is 0. The lowest BCUT2D eigenvalue weighted by Crippen LogP contribution is -2.56. The van der Waals surface area contributed by atoms with Crippen molar-refractivity contribution in [2.45, 2.75) is 25.8 Å². The summed E-state index contributed by atoms with van der Waals surface area (Å²) in [6, 6.07) is 19.9. The maximum atomic E-state index is 13.2. The van der Waals surface area contributed by atoms with Crippen LogP contribution in [0.15, 0.2) is 66.7 Å². The fourth-order valence-electron chi connectivity index (χ4n) is 3.94. The molecule has 4 rings (SSSR count). The van der Waals surface area contributed by atoms with E-state index in [1.807, 2.05) is 67.6 Å². The second-order valence-electron chi connectivity index (χ2n) is 7.39. The standard InChI is InChI=1S/C24H21ClN2O3/c1-16(20-11-5-8-18-7-2-3-10-21(18)20)27-23(29)15-22(28)26(24(27)30)13-12-17-6-4-9-19(25)14-17/h2-11,14,16H,12-13,15H2,1H3/t16-/m1/s1. The molecular weight excluding hydrogens is 400 g/mol. The van der Waals surface area contributed by atoms with Crippen LogP contribution in [0, 0.1) is 0 Å². The number of hydrogen-bond donors (Lipinski definition) is 0. The number of carbonyl (C=O) groups is 3. The van der Waals surface area contributed by atoms with Gasteiger partial charge in [0.1, 0.15) is 6.42 Å². The average Bonchev–Trinajstić information content (AvgIpc) is 2.73. The zero-order valence-corrected chi connectivity index (χ0v) is 17.3. The number of nitrogens with zero attached hydrogens (tertiary/aromatic N) is 2.